The fourth-order valence-electron chi connectivity index (χ4n) is 3.86. The highest BCUT2D eigenvalue weighted by molar-refractivity contribution is 6.04. The summed E-state index contributed by atoms with van der Waals surface area (Å²) < 4.78 is 7.12. The third kappa shape index (κ3) is 3.94. The molecule has 1 aliphatic carbocycles. The zero-order valence-electron chi connectivity index (χ0n) is 16.1. The molecule has 2 aliphatic rings. The lowest BCUT2D eigenvalue weighted by Crippen LogP contribution is -2.34. The third-order valence-electron chi connectivity index (χ3n) is 5.35. The third-order valence-corrected chi connectivity index (χ3v) is 5.35. The molecular weight excluding hydrogens is 374 g/mol. The molecule has 0 radical (unpaired) electrons. The van der Waals surface area contributed by atoms with Crippen LogP contribution in [-0.4, -0.2) is 40.8 Å². The first-order chi connectivity index (χ1) is 14.0. The Morgan fingerprint density at radius 1 is 1.31 bits per heavy atom. The number of hydrogen-bond donors (Lipinski definition) is 3. The van der Waals surface area contributed by atoms with Crippen LogP contribution in [0.4, 0.5) is 4.79 Å². The highest BCUT2D eigenvalue weighted by Crippen LogP contribution is 2.31. The second kappa shape index (κ2) is 7.94. The minimum atomic E-state index is -0.645. The molecule has 0 saturated carbocycles. The molecule has 0 unspecified atom stereocenters. The molecule has 9 heteroatoms. The van der Waals surface area contributed by atoms with Gasteiger partial charge in [0.2, 0.25) is 5.91 Å². The Balaban J connectivity index is 1.42. The number of rotatable bonds is 6. The van der Waals surface area contributed by atoms with Gasteiger partial charge in [-0.3, -0.25) is 14.9 Å². The van der Waals surface area contributed by atoms with Gasteiger partial charge in [-0.1, -0.05) is 0 Å². The number of ether oxygens (including phenoxy) is 1. The van der Waals surface area contributed by atoms with Crippen LogP contribution in [0, 0.1) is 0 Å². The first-order valence-corrected chi connectivity index (χ1v) is 9.67. The van der Waals surface area contributed by atoms with Crippen molar-refractivity contribution in [2.75, 3.05) is 7.11 Å². The molecule has 152 valence electrons. The molecule has 0 bridgehead atoms. The zero-order chi connectivity index (χ0) is 20.4. The molecule has 1 saturated heterocycles. The number of carbonyl (C=O) groups excluding carboxylic acids is 3. The van der Waals surface area contributed by atoms with Gasteiger partial charge in [-0.15, -0.1) is 0 Å². The second-order valence-corrected chi connectivity index (χ2v) is 7.22. The topological polar surface area (TPSA) is 114 Å². The number of benzene rings is 1. The summed E-state index contributed by atoms with van der Waals surface area (Å²) in [6.07, 6.45) is 4.93. The molecule has 1 aliphatic heterocycles. The molecule has 1 fully saturated rings. The van der Waals surface area contributed by atoms with E-state index in [4.69, 9.17) is 4.74 Å². The van der Waals surface area contributed by atoms with Crippen LogP contribution in [0.25, 0.3) is 5.69 Å². The predicted molar refractivity (Wildman–Crippen MR) is 104 cm³/mol. The van der Waals surface area contributed by atoms with E-state index in [-0.39, 0.29) is 30.7 Å². The maximum Gasteiger partial charge on any atom is 0.322 e. The van der Waals surface area contributed by atoms with Gasteiger partial charge in [0, 0.05) is 17.7 Å². The average molecular weight is 397 g/mol. The van der Waals surface area contributed by atoms with Gasteiger partial charge in [-0.05, 0) is 49.9 Å². The van der Waals surface area contributed by atoms with E-state index in [9.17, 15) is 14.4 Å². The average Bonchev–Trinajstić information content (AvgIpc) is 3.29. The molecule has 0 spiro atoms. The standard InChI is InChI=1S/C20H23N5O4/c1-29-13-7-5-12(6-8-13)25-17-4-2-3-15(14(17)11-21-25)22-18(26)10-9-16-19(27)24-20(28)23-16/h5-8,11,15-16H,2-4,9-10H2,1H3,(H,22,26)(H2,23,24,27,28)/t15-,16-/m0/s1. The summed E-state index contributed by atoms with van der Waals surface area (Å²) in [5.41, 5.74) is 3.06. The van der Waals surface area contributed by atoms with Crippen molar-refractivity contribution < 1.29 is 19.1 Å². The van der Waals surface area contributed by atoms with Crippen LogP contribution in [0.3, 0.4) is 0 Å². The van der Waals surface area contributed by atoms with Crippen molar-refractivity contribution in [3.8, 4) is 11.4 Å². The van der Waals surface area contributed by atoms with Crippen LogP contribution in [-0.2, 0) is 16.0 Å². The normalized spacial score (nSPS) is 20.6. The molecular formula is C20H23N5O4. The van der Waals surface area contributed by atoms with E-state index < -0.39 is 12.1 Å². The lowest BCUT2D eigenvalue weighted by Gasteiger charge is -2.24. The molecule has 1 aromatic carbocycles. The Kier molecular flexibility index (Phi) is 5.20. The molecule has 29 heavy (non-hydrogen) atoms. The van der Waals surface area contributed by atoms with E-state index in [1.54, 1.807) is 7.11 Å². The Bertz CT molecular complexity index is 937. The van der Waals surface area contributed by atoms with Crippen LogP contribution >= 0.6 is 0 Å². The fourth-order valence-corrected chi connectivity index (χ4v) is 3.86. The minimum absolute atomic E-state index is 0.106. The van der Waals surface area contributed by atoms with E-state index in [0.29, 0.717) is 0 Å². The van der Waals surface area contributed by atoms with Gasteiger partial charge in [-0.2, -0.15) is 5.10 Å². The quantitative estimate of drug-likeness (QED) is 0.637. The lowest BCUT2D eigenvalue weighted by atomic mass is 9.92. The van der Waals surface area contributed by atoms with Gasteiger partial charge in [0.1, 0.15) is 11.8 Å². The van der Waals surface area contributed by atoms with Crippen molar-refractivity contribution >= 4 is 17.8 Å². The van der Waals surface area contributed by atoms with E-state index in [1.807, 2.05) is 35.1 Å². The summed E-state index contributed by atoms with van der Waals surface area (Å²) in [4.78, 5) is 35.2. The van der Waals surface area contributed by atoms with Crippen LogP contribution < -0.4 is 20.7 Å². The number of aromatic nitrogens is 2. The molecule has 4 rings (SSSR count). The molecule has 2 aromatic rings. The van der Waals surface area contributed by atoms with Gasteiger partial charge < -0.3 is 15.4 Å². The highest BCUT2D eigenvalue weighted by Gasteiger charge is 2.30. The number of hydrogen-bond acceptors (Lipinski definition) is 5. The smallest absolute Gasteiger partial charge is 0.322 e. The van der Waals surface area contributed by atoms with E-state index in [1.165, 1.54) is 0 Å². The summed E-state index contributed by atoms with van der Waals surface area (Å²) in [6, 6.07) is 6.43. The van der Waals surface area contributed by atoms with E-state index in [2.05, 4.69) is 21.0 Å². The van der Waals surface area contributed by atoms with Crippen molar-refractivity contribution in [3.05, 3.63) is 41.7 Å². The maximum atomic E-state index is 12.4. The van der Waals surface area contributed by atoms with Crippen molar-refractivity contribution in [2.24, 2.45) is 0 Å². The number of fused-ring (bicyclic) bond motifs is 1. The summed E-state index contributed by atoms with van der Waals surface area (Å²) in [5, 5.41) is 12.3. The summed E-state index contributed by atoms with van der Waals surface area (Å²) in [5.74, 6) is 0.254. The Morgan fingerprint density at radius 2 is 2.10 bits per heavy atom. The molecule has 2 heterocycles. The lowest BCUT2D eigenvalue weighted by molar-refractivity contribution is -0.122. The SMILES string of the molecule is COc1ccc(-n2ncc3c2CCC[C@@H]3NC(=O)CC[C@@H]2NC(=O)NC2=O)cc1. The van der Waals surface area contributed by atoms with Crippen LogP contribution in [0.15, 0.2) is 30.5 Å². The minimum Gasteiger partial charge on any atom is -0.497 e. The highest BCUT2D eigenvalue weighted by atomic mass is 16.5. The Morgan fingerprint density at radius 3 is 2.79 bits per heavy atom. The van der Waals surface area contributed by atoms with Crippen LogP contribution in [0.5, 0.6) is 5.75 Å². The maximum absolute atomic E-state index is 12.4. The van der Waals surface area contributed by atoms with E-state index >= 15 is 0 Å². The van der Waals surface area contributed by atoms with Crippen molar-refractivity contribution in [1.29, 1.82) is 0 Å². The monoisotopic (exact) mass is 397 g/mol. The molecule has 3 N–H and O–H groups in total. The first-order valence-electron chi connectivity index (χ1n) is 9.67. The van der Waals surface area contributed by atoms with Crippen LogP contribution in [0.2, 0.25) is 0 Å². The Labute approximate surface area is 167 Å². The van der Waals surface area contributed by atoms with Crippen molar-refractivity contribution in [1.82, 2.24) is 25.7 Å². The molecule has 1 aromatic heterocycles. The molecule has 2 atom stereocenters. The fraction of sp³-hybridized carbons (Fsp3) is 0.400. The number of amides is 4. The summed E-state index contributed by atoms with van der Waals surface area (Å²) >= 11 is 0. The Hall–Kier alpha value is -3.36. The molecule has 9 nitrogen and oxygen atoms in total. The van der Waals surface area contributed by atoms with Gasteiger partial charge in [0.25, 0.3) is 5.91 Å². The van der Waals surface area contributed by atoms with Crippen molar-refractivity contribution in [2.45, 2.75) is 44.2 Å². The summed E-state index contributed by atoms with van der Waals surface area (Å²) in [7, 11) is 1.63. The largest absolute Gasteiger partial charge is 0.497 e. The van der Waals surface area contributed by atoms with Gasteiger partial charge in [0.05, 0.1) is 25.0 Å². The second-order valence-electron chi connectivity index (χ2n) is 7.22. The zero-order valence-corrected chi connectivity index (χ0v) is 16.1. The van der Waals surface area contributed by atoms with Gasteiger partial charge in [-0.25, -0.2) is 9.48 Å². The number of imide groups is 1. The predicted octanol–water partition coefficient (Wildman–Crippen LogP) is 1.36. The number of carbonyl (C=O) groups is 3. The number of methoxy groups -OCH3 is 1. The van der Waals surface area contributed by atoms with Gasteiger partial charge in [0.15, 0.2) is 0 Å². The van der Waals surface area contributed by atoms with Crippen molar-refractivity contribution in [3.63, 3.8) is 0 Å². The number of nitrogens with zero attached hydrogens (tertiary/aromatic N) is 2. The van der Waals surface area contributed by atoms with Gasteiger partial charge >= 0.3 is 6.03 Å². The number of urea groups is 1. The number of nitrogens with one attached hydrogen (secondary N) is 3. The first kappa shape index (κ1) is 19.0. The van der Waals surface area contributed by atoms with Crippen LogP contribution in [0.1, 0.15) is 43.0 Å². The molecule has 4 amide bonds. The van der Waals surface area contributed by atoms with E-state index in [0.717, 1.165) is 42.0 Å². The summed E-state index contributed by atoms with van der Waals surface area (Å²) in [6.45, 7) is 0.